The fourth-order valence-electron chi connectivity index (χ4n) is 4.12. The molecule has 1 unspecified atom stereocenters. The number of nitrogens with zero attached hydrogens (tertiary/aromatic N) is 4. The first-order valence-corrected chi connectivity index (χ1v) is 11.7. The summed E-state index contributed by atoms with van der Waals surface area (Å²) in [6.07, 6.45) is 12.5. The number of aromatic nitrogens is 3. The summed E-state index contributed by atoms with van der Waals surface area (Å²) in [5, 5.41) is 3.20. The molecule has 3 heterocycles. The monoisotopic (exact) mass is 442 g/mol. The number of allylic oxidation sites excluding steroid dienone is 2. The van der Waals surface area contributed by atoms with Crippen molar-refractivity contribution in [3.8, 4) is 0 Å². The molecule has 1 atom stereocenters. The van der Waals surface area contributed by atoms with Crippen LogP contribution in [0.25, 0.3) is 5.57 Å². The van der Waals surface area contributed by atoms with Crippen molar-refractivity contribution in [2.45, 2.75) is 57.7 Å². The molecule has 0 saturated carbocycles. The van der Waals surface area contributed by atoms with Crippen LogP contribution in [0.4, 0.5) is 0 Å². The van der Waals surface area contributed by atoms with Gasteiger partial charge in [-0.25, -0.2) is 9.78 Å². The first kappa shape index (κ1) is 21.8. The normalized spacial score (nSPS) is 22.0. The van der Waals surface area contributed by atoms with E-state index in [1.807, 2.05) is 11.8 Å². The van der Waals surface area contributed by atoms with Crippen molar-refractivity contribution in [3.63, 3.8) is 0 Å². The lowest BCUT2D eigenvalue weighted by atomic mass is 9.93. The third kappa shape index (κ3) is 4.60. The quantitative estimate of drug-likeness (QED) is 0.689. The summed E-state index contributed by atoms with van der Waals surface area (Å²) in [5.41, 5.74) is 1.92. The summed E-state index contributed by atoms with van der Waals surface area (Å²) in [4.78, 5) is 31.6. The minimum atomic E-state index is -0.229. The molecule has 2 aromatic heterocycles. The van der Waals surface area contributed by atoms with Crippen LogP contribution < -0.4 is 5.69 Å². The van der Waals surface area contributed by atoms with Crippen LogP contribution in [0, 0.1) is 0 Å². The number of likely N-dealkylation sites (tertiary alicyclic amines) is 1. The molecule has 1 fully saturated rings. The van der Waals surface area contributed by atoms with Crippen LogP contribution in [-0.2, 0) is 22.6 Å². The van der Waals surface area contributed by atoms with Crippen LogP contribution in [0.5, 0.6) is 0 Å². The lowest BCUT2D eigenvalue weighted by Gasteiger charge is -2.31. The Balaban J connectivity index is 1.33. The Morgan fingerprint density at radius 3 is 2.65 bits per heavy atom. The van der Waals surface area contributed by atoms with Crippen molar-refractivity contribution in [2.75, 3.05) is 20.2 Å². The van der Waals surface area contributed by atoms with Gasteiger partial charge < -0.3 is 9.64 Å². The molecule has 2 aliphatic rings. The summed E-state index contributed by atoms with van der Waals surface area (Å²) >= 11 is 1.68. The van der Waals surface area contributed by atoms with E-state index in [0.29, 0.717) is 25.6 Å². The van der Waals surface area contributed by atoms with Gasteiger partial charge in [0.15, 0.2) is 0 Å². The standard InChI is InChI=1S/C23H30N4O3S/c1-4-25-13-14-27(22(25)29)15-20(28)26-11-7-17(8-12-26)19-16-31-21(24-19)18-5-9-23(2,30-3)10-6-18/h5-6,9,13-14,16-17H,4,7-8,10-12,15H2,1-3H3. The van der Waals surface area contributed by atoms with Crippen molar-refractivity contribution >= 4 is 22.8 Å². The Morgan fingerprint density at radius 1 is 1.29 bits per heavy atom. The fourth-order valence-corrected chi connectivity index (χ4v) is 5.04. The highest BCUT2D eigenvalue weighted by Crippen LogP contribution is 2.34. The Morgan fingerprint density at radius 2 is 2.03 bits per heavy atom. The number of hydrogen-bond donors (Lipinski definition) is 0. The van der Waals surface area contributed by atoms with Crippen LogP contribution in [0.1, 0.15) is 49.7 Å². The van der Waals surface area contributed by atoms with E-state index in [9.17, 15) is 9.59 Å². The number of thiazole rings is 1. The maximum Gasteiger partial charge on any atom is 0.328 e. The molecule has 1 aliphatic heterocycles. The van der Waals surface area contributed by atoms with E-state index < -0.39 is 0 Å². The van der Waals surface area contributed by atoms with Gasteiger partial charge in [0, 0.05) is 56.0 Å². The van der Waals surface area contributed by atoms with Gasteiger partial charge in [-0.2, -0.15) is 0 Å². The van der Waals surface area contributed by atoms with Gasteiger partial charge in [-0.15, -0.1) is 11.3 Å². The van der Waals surface area contributed by atoms with Crippen LogP contribution in [-0.4, -0.2) is 50.7 Å². The zero-order valence-corrected chi connectivity index (χ0v) is 19.2. The third-order valence-electron chi connectivity index (χ3n) is 6.41. The zero-order chi connectivity index (χ0) is 22.0. The van der Waals surface area contributed by atoms with Gasteiger partial charge in [0.2, 0.25) is 5.91 Å². The van der Waals surface area contributed by atoms with Crippen molar-refractivity contribution in [1.82, 2.24) is 19.0 Å². The smallest absolute Gasteiger partial charge is 0.328 e. The minimum Gasteiger partial charge on any atom is -0.374 e. The van der Waals surface area contributed by atoms with Crippen LogP contribution >= 0.6 is 11.3 Å². The second kappa shape index (κ2) is 8.96. The number of rotatable bonds is 6. The third-order valence-corrected chi connectivity index (χ3v) is 7.32. The Hall–Kier alpha value is -2.45. The highest BCUT2D eigenvalue weighted by Gasteiger charge is 2.27. The van der Waals surface area contributed by atoms with Crippen molar-refractivity contribution < 1.29 is 9.53 Å². The van der Waals surface area contributed by atoms with Gasteiger partial charge in [-0.05, 0) is 33.1 Å². The molecular weight excluding hydrogens is 412 g/mol. The van der Waals surface area contributed by atoms with E-state index in [4.69, 9.17) is 9.72 Å². The summed E-state index contributed by atoms with van der Waals surface area (Å²) in [7, 11) is 1.74. The van der Waals surface area contributed by atoms with Gasteiger partial charge in [0.05, 0.1) is 11.3 Å². The molecule has 0 spiro atoms. The SMILES string of the molecule is CCn1ccn(CC(=O)N2CCC(c3csc(C4=CCC(C)(OC)C=C4)n3)CC2)c1=O. The van der Waals surface area contributed by atoms with Gasteiger partial charge in [0.25, 0.3) is 0 Å². The van der Waals surface area contributed by atoms with Crippen LogP contribution in [0.3, 0.4) is 0 Å². The Labute approximate surface area is 186 Å². The van der Waals surface area contributed by atoms with Crippen molar-refractivity contribution in [2.24, 2.45) is 0 Å². The molecular formula is C23H30N4O3S. The Kier molecular flexibility index (Phi) is 6.29. The lowest BCUT2D eigenvalue weighted by molar-refractivity contribution is -0.132. The highest BCUT2D eigenvalue weighted by molar-refractivity contribution is 7.10. The molecule has 4 rings (SSSR count). The number of aryl methyl sites for hydroxylation is 1. The molecule has 31 heavy (non-hydrogen) atoms. The van der Waals surface area contributed by atoms with E-state index in [2.05, 4.69) is 30.5 Å². The summed E-state index contributed by atoms with van der Waals surface area (Å²) < 4.78 is 8.64. The predicted molar refractivity (Wildman–Crippen MR) is 122 cm³/mol. The largest absolute Gasteiger partial charge is 0.374 e. The Bertz CT molecular complexity index is 1060. The minimum absolute atomic E-state index is 0.00654. The maximum absolute atomic E-state index is 12.7. The molecule has 1 amide bonds. The van der Waals surface area contributed by atoms with Crippen molar-refractivity contribution in [3.05, 3.63) is 57.2 Å². The van der Waals surface area contributed by atoms with E-state index in [0.717, 1.165) is 35.5 Å². The highest BCUT2D eigenvalue weighted by atomic mass is 32.1. The maximum atomic E-state index is 12.7. The van der Waals surface area contributed by atoms with E-state index in [1.165, 1.54) is 4.57 Å². The van der Waals surface area contributed by atoms with Gasteiger partial charge in [-0.3, -0.25) is 13.9 Å². The molecule has 0 radical (unpaired) electrons. The topological polar surface area (TPSA) is 69.4 Å². The molecule has 166 valence electrons. The molecule has 8 heteroatoms. The number of methoxy groups -OCH3 is 1. The van der Waals surface area contributed by atoms with E-state index >= 15 is 0 Å². The summed E-state index contributed by atoms with van der Waals surface area (Å²) in [5.74, 6) is 0.377. The molecule has 0 N–H and O–H groups in total. The molecule has 0 aromatic carbocycles. The fraction of sp³-hybridized carbons (Fsp3) is 0.522. The average molecular weight is 443 g/mol. The van der Waals surface area contributed by atoms with E-state index in [1.54, 1.807) is 35.4 Å². The predicted octanol–water partition coefficient (Wildman–Crippen LogP) is 3.28. The van der Waals surface area contributed by atoms with Gasteiger partial charge in [-0.1, -0.05) is 18.2 Å². The first-order chi connectivity index (χ1) is 14.9. The number of carbonyl (C=O) groups is 1. The molecule has 0 bridgehead atoms. The first-order valence-electron chi connectivity index (χ1n) is 10.9. The molecule has 1 saturated heterocycles. The van der Waals surface area contributed by atoms with Crippen LogP contribution in [0.2, 0.25) is 0 Å². The number of carbonyl (C=O) groups excluding carboxylic acids is 1. The average Bonchev–Trinajstić information content (AvgIpc) is 3.42. The zero-order valence-electron chi connectivity index (χ0n) is 18.4. The van der Waals surface area contributed by atoms with Gasteiger partial charge >= 0.3 is 5.69 Å². The summed E-state index contributed by atoms with van der Waals surface area (Å²) in [6.45, 7) is 6.12. The molecule has 2 aromatic rings. The molecule has 7 nitrogen and oxygen atoms in total. The number of amides is 1. The number of piperidine rings is 1. The van der Waals surface area contributed by atoms with Crippen molar-refractivity contribution in [1.29, 1.82) is 0 Å². The lowest BCUT2D eigenvalue weighted by Crippen LogP contribution is -2.41. The number of imidazole rings is 1. The van der Waals surface area contributed by atoms with E-state index in [-0.39, 0.29) is 23.7 Å². The second-order valence-electron chi connectivity index (χ2n) is 8.44. The summed E-state index contributed by atoms with van der Waals surface area (Å²) in [6, 6.07) is 0. The van der Waals surface area contributed by atoms with Crippen LogP contribution in [0.15, 0.2) is 40.8 Å². The molecule has 1 aliphatic carbocycles. The second-order valence-corrected chi connectivity index (χ2v) is 9.30. The number of ether oxygens (including phenoxy) is 1. The number of hydrogen-bond acceptors (Lipinski definition) is 5. The van der Waals surface area contributed by atoms with Gasteiger partial charge in [0.1, 0.15) is 11.6 Å².